The van der Waals surface area contributed by atoms with E-state index in [2.05, 4.69) is 178 Å². The van der Waals surface area contributed by atoms with E-state index in [4.69, 9.17) is 4.42 Å². The highest BCUT2D eigenvalue weighted by molar-refractivity contribution is 6.14. The molecule has 2 aliphatic carbocycles. The fourth-order valence-corrected chi connectivity index (χ4v) is 8.96. The van der Waals surface area contributed by atoms with E-state index in [1.165, 1.54) is 61.3 Å². The van der Waals surface area contributed by atoms with Gasteiger partial charge < -0.3 is 9.32 Å². The van der Waals surface area contributed by atoms with Crippen molar-refractivity contribution >= 4 is 39.0 Å². The Kier molecular flexibility index (Phi) is 6.01. The van der Waals surface area contributed by atoms with Gasteiger partial charge >= 0.3 is 0 Å². The maximum atomic E-state index is 6.42. The van der Waals surface area contributed by atoms with Gasteiger partial charge in [-0.25, -0.2) is 0 Å². The summed E-state index contributed by atoms with van der Waals surface area (Å²) in [5, 5.41) is 2.24. The van der Waals surface area contributed by atoms with Crippen LogP contribution in [-0.4, -0.2) is 0 Å². The standard InChI is InChI=1S/C48H37NO/c1-47(2)38-17-9-6-14-35(38)45-39(47)18-11-19-41(45)49(42-20-12-22-44-46(42)36-15-7-10-21-43(36)50-44)32-26-23-30(24-27-32)31-25-28-34-33-13-5-8-16-37(33)48(3,4)40(34)29-31/h5-29H,1-4H3. The van der Waals surface area contributed by atoms with Gasteiger partial charge in [0.25, 0.3) is 0 Å². The molecule has 0 atom stereocenters. The first kappa shape index (κ1) is 29.1. The largest absolute Gasteiger partial charge is 0.456 e. The quantitative estimate of drug-likeness (QED) is 0.190. The first-order chi connectivity index (χ1) is 24.3. The zero-order valence-electron chi connectivity index (χ0n) is 28.8. The molecule has 0 fully saturated rings. The third kappa shape index (κ3) is 3.96. The van der Waals surface area contributed by atoms with Crippen molar-refractivity contribution in [3.8, 4) is 33.4 Å². The molecule has 2 heteroatoms. The number of nitrogens with zero attached hydrogens (tertiary/aromatic N) is 1. The SMILES string of the molecule is CC1(C)c2ccccc2-c2ccc(-c3ccc(N(c4cccc5c4-c4ccccc4C5(C)C)c4cccc5oc6ccccc6c45)cc3)cc21. The molecular weight excluding hydrogens is 607 g/mol. The minimum absolute atomic E-state index is 0.0392. The molecule has 50 heavy (non-hydrogen) atoms. The minimum Gasteiger partial charge on any atom is -0.456 e. The molecule has 10 rings (SSSR count). The van der Waals surface area contributed by atoms with Crippen LogP contribution in [0.25, 0.3) is 55.3 Å². The number of rotatable bonds is 4. The molecular formula is C48H37NO. The van der Waals surface area contributed by atoms with Gasteiger partial charge in [0.2, 0.25) is 0 Å². The molecule has 0 unspecified atom stereocenters. The number of hydrogen-bond donors (Lipinski definition) is 0. The molecule has 0 bridgehead atoms. The van der Waals surface area contributed by atoms with Crippen molar-refractivity contribution in [3.63, 3.8) is 0 Å². The Bertz CT molecular complexity index is 2650. The fourth-order valence-electron chi connectivity index (χ4n) is 8.96. The minimum atomic E-state index is -0.104. The number of furan rings is 1. The smallest absolute Gasteiger partial charge is 0.137 e. The van der Waals surface area contributed by atoms with Crippen molar-refractivity contribution in [2.24, 2.45) is 0 Å². The molecule has 0 spiro atoms. The van der Waals surface area contributed by atoms with Crippen LogP contribution in [-0.2, 0) is 10.8 Å². The highest BCUT2D eigenvalue weighted by Crippen LogP contribution is 2.55. The van der Waals surface area contributed by atoms with Crippen LogP contribution in [0.1, 0.15) is 49.9 Å². The summed E-state index contributed by atoms with van der Waals surface area (Å²) in [6, 6.07) is 55.5. The van der Waals surface area contributed by atoms with Crippen LogP contribution in [0.4, 0.5) is 17.1 Å². The summed E-state index contributed by atoms with van der Waals surface area (Å²) in [7, 11) is 0. The second kappa shape index (κ2) is 10.3. The first-order valence-corrected chi connectivity index (χ1v) is 17.6. The molecule has 0 aliphatic heterocycles. The topological polar surface area (TPSA) is 16.4 Å². The van der Waals surface area contributed by atoms with E-state index in [1.807, 2.05) is 6.07 Å². The van der Waals surface area contributed by atoms with Gasteiger partial charge in [-0.1, -0.05) is 137 Å². The monoisotopic (exact) mass is 643 g/mol. The molecule has 8 aromatic rings. The van der Waals surface area contributed by atoms with Crippen LogP contribution in [0.5, 0.6) is 0 Å². The van der Waals surface area contributed by atoms with Crippen LogP contribution in [0.3, 0.4) is 0 Å². The Hall–Kier alpha value is -5.86. The van der Waals surface area contributed by atoms with Gasteiger partial charge in [0.1, 0.15) is 11.2 Å². The summed E-state index contributed by atoms with van der Waals surface area (Å²) >= 11 is 0. The first-order valence-electron chi connectivity index (χ1n) is 17.6. The fraction of sp³-hybridized carbons (Fsp3) is 0.125. The predicted octanol–water partition coefficient (Wildman–Crippen LogP) is 13.3. The predicted molar refractivity (Wildman–Crippen MR) is 209 cm³/mol. The van der Waals surface area contributed by atoms with E-state index >= 15 is 0 Å². The third-order valence-corrected chi connectivity index (χ3v) is 11.5. The average molecular weight is 644 g/mol. The van der Waals surface area contributed by atoms with Crippen LogP contribution < -0.4 is 4.90 Å². The highest BCUT2D eigenvalue weighted by Gasteiger charge is 2.38. The lowest BCUT2D eigenvalue weighted by atomic mass is 9.81. The Balaban J connectivity index is 1.17. The number of para-hydroxylation sites is 1. The number of fused-ring (bicyclic) bond motifs is 9. The van der Waals surface area contributed by atoms with E-state index in [9.17, 15) is 0 Å². The van der Waals surface area contributed by atoms with E-state index in [-0.39, 0.29) is 10.8 Å². The maximum Gasteiger partial charge on any atom is 0.137 e. The molecule has 2 nitrogen and oxygen atoms in total. The van der Waals surface area contributed by atoms with Crippen molar-refractivity contribution in [1.82, 2.24) is 0 Å². The molecule has 2 aliphatic rings. The van der Waals surface area contributed by atoms with Gasteiger partial charge in [-0.05, 0) is 92.5 Å². The Morgan fingerprint density at radius 1 is 0.440 bits per heavy atom. The molecule has 0 radical (unpaired) electrons. The summed E-state index contributed by atoms with van der Waals surface area (Å²) in [6.07, 6.45) is 0. The second-order valence-corrected chi connectivity index (χ2v) is 14.9. The van der Waals surface area contributed by atoms with Gasteiger partial charge in [-0.2, -0.15) is 0 Å². The van der Waals surface area contributed by atoms with E-state index < -0.39 is 0 Å². The second-order valence-electron chi connectivity index (χ2n) is 14.9. The Morgan fingerprint density at radius 2 is 1.02 bits per heavy atom. The third-order valence-electron chi connectivity index (χ3n) is 11.5. The van der Waals surface area contributed by atoms with Gasteiger partial charge in [-0.3, -0.25) is 0 Å². The molecule has 0 saturated carbocycles. The Morgan fingerprint density at radius 3 is 1.84 bits per heavy atom. The summed E-state index contributed by atoms with van der Waals surface area (Å²) in [4.78, 5) is 2.45. The van der Waals surface area contributed by atoms with Crippen LogP contribution in [0.2, 0.25) is 0 Å². The number of hydrogen-bond acceptors (Lipinski definition) is 2. The van der Waals surface area contributed by atoms with Crippen molar-refractivity contribution in [2.75, 3.05) is 4.90 Å². The van der Waals surface area contributed by atoms with E-state index in [0.717, 1.165) is 33.3 Å². The summed E-state index contributed by atoms with van der Waals surface area (Å²) in [5.41, 5.74) is 18.3. The molecule has 240 valence electrons. The van der Waals surface area contributed by atoms with Crippen molar-refractivity contribution in [2.45, 2.75) is 38.5 Å². The lowest BCUT2D eigenvalue weighted by Crippen LogP contribution is -2.16. The van der Waals surface area contributed by atoms with Gasteiger partial charge in [-0.15, -0.1) is 0 Å². The maximum absolute atomic E-state index is 6.42. The van der Waals surface area contributed by atoms with Crippen molar-refractivity contribution in [3.05, 3.63) is 174 Å². The summed E-state index contributed by atoms with van der Waals surface area (Å²) in [6.45, 7) is 9.39. The van der Waals surface area contributed by atoms with Crippen LogP contribution >= 0.6 is 0 Å². The van der Waals surface area contributed by atoms with Gasteiger partial charge in [0.15, 0.2) is 0 Å². The zero-order chi connectivity index (χ0) is 33.8. The lowest BCUT2D eigenvalue weighted by Gasteiger charge is -2.29. The van der Waals surface area contributed by atoms with Crippen molar-refractivity contribution in [1.29, 1.82) is 0 Å². The normalized spacial score (nSPS) is 14.7. The zero-order valence-corrected chi connectivity index (χ0v) is 28.8. The molecule has 1 heterocycles. The summed E-state index contributed by atoms with van der Waals surface area (Å²) < 4.78 is 6.42. The number of anilines is 3. The van der Waals surface area contributed by atoms with Gasteiger partial charge in [0, 0.05) is 27.5 Å². The lowest BCUT2D eigenvalue weighted by molar-refractivity contribution is 0.660. The summed E-state index contributed by atoms with van der Waals surface area (Å²) in [5.74, 6) is 0. The molecule has 1 aromatic heterocycles. The van der Waals surface area contributed by atoms with Gasteiger partial charge in [0.05, 0.1) is 16.8 Å². The van der Waals surface area contributed by atoms with E-state index in [1.54, 1.807) is 0 Å². The highest BCUT2D eigenvalue weighted by atomic mass is 16.3. The van der Waals surface area contributed by atoms with E-state index in [0.29, 0.717) is 0 Å². The molecule has 7 aromatic carbocycles. The van der Waals surface area contributed by atoms with Crippen LogP contribution in [0.15, 0.2) is 156 Å². The average Bonchev–Trinajstić information content (AvgIpc) is 3.73. The number of benzene rings is 7. The Labute approximate surface area is 293 Å². The molecule has 0 N–H and O–H groups in total. The van der Waals surface area contributed by atoms with Crippen molar-refractivity contribution < 1.29 is 4.42 Å². The molecule has 0 amide bonds. The molecule has 0 saturated heterocycles. The van der Waals surface area contributed by atoms with Crippen LogP contribution in [0, 0.1) is 0 Å².